The SMILES string of the molecule is Nc1ccc2ccn(Cc3ccc(CO)cc3)c2c1. The lowest BCUT2D eigenvalue weighted by Crippen LogP contribution is -1.98. The van der Waals surface area contributed by atoms with Crippen molar-refractivity contribution in [1.82, 2.24) is 4.57 Å². The van der Waals surface area contributed by atoms with Gasteiger partial charge in [0, 0.05) is 18.4 Å². The molecule has 0 unspecified atom stereocenters. The number of hydrogen-bond acceptors (Lipinski definition) is 2. The molecule has 3 N–H and O–H groups in total. The lowest BCUT2D eigenvalue weighted by molar-refractivity contribution is 0.282. The standard InChI is InChI=1S/C16H16N2O/c17-15-6-5-14-7-8-18(16(14)9-15)10-12-1-3-13(11-19)4-2-12/h1-9,19H,10-11,17H2. The third-order valence-corrected chi connectivity index (χ3v) is 3.36. The molecule has 3 rings (SSSR count). The Labute approximate surface area is 111 Å². The molecule has 0 saturated heterocycles. The van der Waals surface area contributed by atoms with Crippen molar-refractivity contribution in [3.63, 3.8) is 0 Å². The number of anilines is 1. The van der Waals surface area contributed by atoms with E-state index >= 15 is 0 Å². The first-order valence-electron chi connectivity index (χ1n) is 6.29. The first kappa shape index (κ1) is 11.8. The van der Waals surface area contributed by atoms with Crippen molar-refractivity contribution >= 4 is 16.6 Å². The minimum atomic E-state index is 0.0866. The zero-order valence-corrected chi connectivity index (χ0v) is 10.6. The van der Waals surface area contributed by atoms with Gasteiger partial charge in [-0.1, -0.05) is 30.3 Å². The highest BCUT2D eigenvalue weighted by Gasteiger charge is 2.02. The van der Waals surface area contributed by atoms with Crippen LogP contribution < -0.4 is 5.73 Å². The van der Waals surface area contributed by atoms with Gasteiger partial charge in [-0.2, -0.15) is 0 Å². The maximum atomic E-state index is 9.04. The summed E-state index contributed by atoms with van der Waals surface area (Å²) in [5.74, 6) is 0. The summed E-state index contributed by atoms with van der Waals surface area (Å²) in [4.78, 5) is 0. The number of aliphatic hydroxyl groups excluding tert-OH is 1. The van der Waals surface area contributed by atoms with Crippen molar-refractivity contribution in [2.24, 2.45) is 0 Å². The molecule has 3 nitrogen and oxygen atoms in total. The number of rotatable bonds is 3. The van der Waals surface area contributed by atoms with Crippen LogP contribution in [-0.2, 0) is 13.2 Å². The monoisotopic (exact) mass is 252 g/mol. The molecule has 0 aliphatic rings. The zero-order valence-electron chi connectivity index (χ0n) is 10.6. The third-order valence-electron chi connectivity index (χ3n) is 3.36. The Bertz CT molecular complexity index is 698. The lowest BCUT2D eigenvalue weighted by Gasteiger charge is -2.07. The normalized spacial score (nSPS) is 11.0. The van der Waals surface area contributed by atoms with E-state index in [1.54, 1.807) is 0 Å². The summed E-state index contributed by atoms with van der Waals surface area (Å²) >= 11 is 0. The van der Waals surface area contributed by atoms with Crippen molar-refractivity contribution in [3.05, 3.63) is 65.9 Å². The number of nitrogen functional groups attached to an aromatic ring is 1. The van der Waals surface area contributed by atoms with Gasteiger partial charge in [0.15, 0.2) is 0 Å². The second-order valence-electron chi connectivity index (χ2n) is 4.74. The van der Waals surface area contributed by atoms with Crippen molar-refractivity contribution in [1.29, 1.82) is 0 Å². The molecular weight excluding hydrogens is 236 g/mol. The summed E-state index contributed by atoms with van der Waals surface area (Å²) in [6.45, 7) is 0.891. The molecule has 0 amide bonds. The largest absolute Gasteiger partial charge is 0.399 e. The Morgan fingerprint density at radius 1 is 0.947 bits per heavy atom. The van der Waals surface area contributed by atoms with Gasteiger partial charge in [-0.05, 0) is 34.7 Å². The van der Waals surface area contributed by atoms with Gasteiger partial charge < -0.3 is 15.4 Å². The predicted octanol–water partition coefficient (Wildman–Crippen LogP) is 2.76. The number of fused-ring (bicyclic) bond motifs is 1. The average Bonchev–Trinajstić information content (AvgIpc) is 2.82. The van der Waals surface area contributed by atoms with Crippen molar-refractivity contribution < 1.29 is 5.11 Å². The highest BCUT2D eigenvalue weighted by molar-refractivity contribution is 5.83. The van der Waals surface area contributed by atoms with Crippen molar-refractivity contribution in [2.45, 2.75) is 13.2 Å². The Balaban J connectivity index is 1.93. The summed E-state index contributed by atoms with van der Waals surface area (Å²) in [7, 11) is 0. The third kappa shape index (κ3) is 2.33. The Kier molecular flexibility index (Phi) is 2.97. The van der Waals surface area contributed by atoms with E-state index in [1.807, 2.05) is 42.5 Å². The van der Waals surface area contributed by atoms with Gasteiger partial charge in [-0.25, -0.2) is 0 Å². The molecule has 0 fully saturated rings. The molecule has 1 heterocycles. The smallest absolute Gasteiger partial charge is 0.0681 e. The number of nitrogens with two attached hydrogens (primary N) is 1. The minimum Gasteiger partial charge on any atom is -0.399 e. The molecular formula is C16H16N2O. The van der Waals surface area contributed by atoms with Crippen LogP contribution in [0.15, 0.2) is 54.7 Å². The second-order valence-corrected chi connectivity index (χ2v) is 4.74. The van der Waals surface area contributed by atoms with Crippen molar-refractivity contribution in [3.8, 4) is 0 Å². The molecule has 0 bridgehead atoms. The maximum Gasteiger partial charge on any atom is 0.0681 e. The molecule has 0 atom stereocenters. The number of aliphatic hydroxyl groups is 1. The highest BCUT2D eigenvalue weighted by Crippen LogP contribution is 2.20. The summed E-state index contributed by atoms with van der Waals surface area (Å²) in [5.41, 5.74) is 9.91. The van der Waals surface area contributed by atoms with Crippen LogP contribution in [0.4, 0.5) is 5.69 Å². The lowest BCUT2D eigenvalue weighted by atomic mass is 10.1. The first-order chi connectivity index (χ1) is 9.26. The van der Waals surface area contributed by atoms with Gasteiger partial charge in [0.25, 0.3) is 0 Å². The molecule has 0 radical (unpaired) electrons. The van der Waals surface area contributed by atoms with E-state index in [2.05, 4.69) is 16.8 Å². The van der Waals surface area contributed by atoms with Crippen LogP contribution in [0.3, 0.4) is 0 Å². The van der Waals surface area contributed by atoms with E-state index in [9.17, 15) is 0 Å². The second kappa shape index (κ2) is 4.78. The van der Waals surface area contributed by atoms with E-state index < -0.39 is 0 Å². The molecule has 3 heteroatoms. The summed E-state index contributed by atoms with van der Waals surface area (Å²) in [6, 6.07) is 16.0. The Morgan fingerprint density at radius 3 is 2.42 bits per heavy atom. The zero-order chi connectivity index (χ0) is 13.2. The van der Waals surface area contributed by atoms with Gasteiger partial charge >= 0.3 is 0 Å². The van der Waals surface area contributed by atoms with Crippen LogP contribution in [0.2, 0.25) is 0 Å². The molecule has 0 spiro atoms. The molecule has 96 valence electrons. The van der Waals surface area contributed by atoms with Crippen LogP contribution in [0.5, 0.6) is 0 Å². The summed E-state index contributed by atoms with van der Waals surface area (Å²) in [5, 5.41) is 10.2. The molecule has 0 aliphatic heterocycles. The molecule has 3 aromatic rings. The van der Waals surface area contributed by atoms with E-state index in [4.69, 9.17) is 10.8 Å². The Morgan fingerprint density at radius 2 is 1.68 bits per heavy atom. The van der Waals surface area contributed by atoms with Crippen LogP contribution in [-0.4, -0.2) is 9.67 Å². The minimum absolute atomic E-state index is 0.0866. The fourth-order valence-electron chi connectivity index (χ4n) is 2.29. The van der Waals surface area contributed by atoms with Crippen LogP contribution >= 0.6 is 0 Å². The average molecular weight is 252 g/mol. The van der Waals surface area contributed by atoms with Crippen LogP contribution in [0.1, 0.15) is 11.1 Å². The Hall–Kier alpha value is -2.26. The topological polar surface area (TPSA) is 51.2 Å². The number of aromatic nitrogens is 1. The number of nitrogens with zero attached hydrogens (tertiary/aromatic N) is 1. The summed E-state index contributed by atoms with van der Waals surface area (Å²) < 4.78 is 2.18. The molecule has 2 aromatic carbocycles. The highest BCUT2D eigenvalue weighted by atomic mass is 16.3. The number of hydrogen-bond donors (Lipinski definition) is 2. The van der Waals surface area contributed by atoms with Gasteiger partial charge in [0.2, 0.25) is 0 Å². The van der Waals surface area contributed by atoms with E-state index in [1.165, 1.54) is 10.9 Å². The van der Waals surface area contributed by atoms with E-state index in [-0.39, 0.29) is 6.61 Å². The van der Waals surface area contributed by atoms with E-state index in [0.29, 0.717) is 0 Å². The molecule has 1 aromatic heterocycles. The van der Waals surface area contributed by atoms with Gasteiger partial charge in [0.1, 0.15) is 0 Å². The van der Waals surface area contributed by atoms with Crippen molar-refractivity contribution in [2.75, 3.05) is 5.73 Å². The van der Waals surface area contributed by atoms with Gasteiger partial charge in [-0.15, -0.1) is 0 Å². The summed E-state index contributed by atoms with van der Waals surface area (Å²) in [6.07, 6.45) is 2.07. The fraction of sp³-hybridized carbons (Fsp3) is 0.125. The first-order valence-corrected chi connectivity index (χ1v) is 6.29. The fourth-order valence-corrected chi connectivity index (χ4v) is 2.29. The molecule has 19 heavy (non-hydrogen) atoms. The van der Waals surface area contributed by atoms with E-state index in [0.717, 1.165) is 23.3 Å². The maximum absolute atomic E-state index is 9.04. The predicted molar refractivity (Wildman–Crippen MR) is 77.8 cm³/mol. The van der Waals surface area contributed by atoms with Gasteiger partial charge in [-0.3, -0.25) is 0 Å². The molecule has 0 aliphatic carbocycles. The quantitative estimate of drug-likeness (QED) is 0.704. The molecule has 0 saturated carbocycles. The van der Waals surface area contributed by atoms with Crippen LogP contribution in [0.25, 0.3) is 10.9 Å². The van der Waals surface area contributed by atoms with Gasteiger partial charge in [0.05, 0.1) is 12.1 Å². The number of benzene rings is 2. The van der Waals surface area contributed by atoms with Crippen LogP contribution in [0, 0.1) is 0 Å².